The Labute approximate surface area is 139 Å². The number of H-pyrrole nitrogens is 1. The van der Waals surface area contributed by atoms with Crippen molar-refractivity contribution in [3.8, 4) is 0 Å². The molecule has 0 fully saturated rings. The Morgan fingerprint density at radius 2 is 2.13 bits per heavy atom. The van der Waals surface area contributed by atoms with Gasteiger partial charge in [0.2, 0.25) is 0 Å². The quantitative estimate of drug-likeness (QED) is 0.848. The second kappa shape index (κ2) is 6.14. The zero-order valence-corrected chi connectivity index (χ0v) is 14.5. The van der Waals surface area contributed by atoms with Crippen molar-refractivity contribution in [1.29, 1.82) is 0 Å². The van der Waals surface area contributed by atoms with Crippen LogP contribution in [0.1, 0.15) is 27.4 Å². The largest absolute Gasteiger partial charge is 0.359 e. The second-order valence-corrected chi connectivity index (χ2v) is 6.89. The molecule has 1 amide bonds. The summed E-state index contributed by atoms with van der Waals surface area (Å²) in [6.45, 7) is 5.02. The third-order valence-electron chi connectivity index (χ3n) is 3.92. The number of nitrogens with one attached hydrogen (secondary N) is 2. The molecule has 2 aromatic rings. The molecule has 3 heterocycles. The van der Waals surface area contributed by atoms with E-state index in [4.69, 9.17) is 0 Å². The maximum Gasteiger partial charge on any atom is 0.273 e. The minimum absolute atomic E-state index is 0.158. The first-order valence-electron chi connectivity index (χ1n) is 7.44. The minimum atomic E-state index is -0.158. The van der Waals surface area contributed by atoms with E-state index in [1.165, 1.54) is 11.1 Å². The normalized spacial score (nSPS) is 16.3. The van der Waals surface area contributed by atoms with Gasteiger partial charge in [-0.2, -0.15) is 5.10 Å². The summed E-state index contributed by atoms with van der Waals surface area (Å²) in [6.07, 6.45) is 1.91. The van der Waals surface area contributed by atoms with Gasteiger partial charge in [0.25, 0.3) is 5.91 Å². The van der Waals surface area contributed by atoms with Gasteiger partial charge < -0.3 is 9.88 Å². The third-order valence-corrected chi connectivity index (χ3v) is 4.79. The van der Waals surface area contributed by atoms with Crippen LogP contribution in [0.2, 0.25) is 0 Å². The molecular weight excluding hydrogens is 308 g/mol. The van der Waals surface area contributed by atoms with E-state index < -0.39 is 0 Å². The summed E-state index contributed by atoms with van der Waals surface area (Å²) in [5, 5.41) is 6.16. The molecule has 0 aromatic carbocycles. The van der Waals surface area contributed by atoms with Crippen LogP contribution in [0.5, 0.6) is 0 Å². The lowest BCUT2D eigenvalue weighted by atomic mass is 10.0. The number of aryl methyl sites for hydroxylation is 1. The molecular formula is C17H20N4OS. The van der Waals surface area contributed by atoms with Crippen LogP contribution in [-0.2, 0) is 11.3 Å². The van der Waals surface area contributed by atoms with Crippen LogP contribution < -0.4 is 5.43 Å². The summed E-state index contributed by atoms with van der Waals surface area (Å²) in [7, 11) is 4.10. The molecule has 0 atom stereocenters. The Kier molecular flexibility index (Phi) is 4.19. The van der Waals surface area contributed by atoms with Gasteiger partial charge in [-0.3, -0.25) is 4.79 Å². The number of aromatic nitrogens is 1. The molecule has 0 bridgehead atoms. The predicted octanol–water partition coefficient (Wildman–Crippen LogP) is 2.67. The van der Waals surface area contributed by atoms with Crippen LogP contribution in [0, 0.1) is 13.8 Å². The van der Waals surface area contributed by atoms with Gasteiger partial charge in [-0.15, -0.1) is 11.3 Å². The maximum atomic E-state index is 12.2. The third kappa shape index (κ3) is 3.00. The fourth-order valence-electron chi connectivity index (χ4n) is 2.73. The van der Waals surface area contributed by atoms with Gasteiger partial charge in [0.05, 0.1) is 10.5 Å². The Hall–Kier alpha value is -2.18. The molecule has 3 rings (SSSR count). The fourth-order valence-corrected chi connectivity index (χ4v) is 3.45. The highest BCUT2D eigenvalue weighted by Crippen LogP contribution is 2.25. The molecule has 0 saturated heterocycles. The van der Waals surface area contributed by atoms with E-state index in [0.717, 1.165) is 22.8 Å². The molecule has 6 heteroatoms. The Balaban J connectivity index is 2.01. The molecule has 0 radical (unpaired) electrons. The van der Waals surface area contributed by atoms with Gasteiger partial charge in [-0.05, 0) is 56.6 Å². The van der Waals surface area contributed by atoms with Gasteiger partial charge in [-0.25, -0.2) is 5.43 Å². The van der Waals surface area contributed by atoms with Crippen LogP contribution >= 0.6 is 11.3 Å². The molecule has 0 saturated carbocycles. The zero-order chi connectivity index (χ0) is 16.6. The minimum Gasteiger partial charge on any atom is -0.359 e. The molecule has 5 nitrogen and oxygen atoms in total. The number of rotatable bonds is 4. The molecule has 0 spiro atoms. The summed E-state index contributed by atoms with van der Waals surface area (Å²) in [5.41, 5.74) is 8.44. The van der Waals surface area contributed by atoms with Gasteiger partial charge >= 0.3 is 0 Å². The van der Waals surface area contributed by atoms with Crippen molar-refractivity contribution in [3.63, 3.8) is 0 Å². The average molecular weight is 328 g/mol. The van der Waals surface area contributed by atoms with E-state index in [-0.39, 0.29) is 5.91 Å². The number of amides is 1. The summed E-state index contributed by atoms with van der Waals surface area (Å²) < 4.78 is 0. The van der Waals surface area contributed by atoms with Crippen LogP contribution in [-0.4, -0.2) is 35.6 Å². The Morgan fingerprint density at radius 1 is 1.35 bits per heavy atom. The lowest BCUT2D eigenvalue weighted by Gasteiger charge is -2.10. The summed E-state index contributed by atoms with van der Waals surface area (Å²) >= 11 is 1.58. The number of hydrogen-bond donors (Lipinski definition) is 2. The molecule has 1 aliphatic rings. The van der Waals surface area contributed by atoms with Crippen LogP contribution in [0.15, 0.2) is 28.2 Å². The van der Waals surface area contributed by atoms with Gasteiger partial charge in [0.15, 0.2) is 0 Å². The standard InChI is InChI=1S/C17H20N4OS/c1-10-13(9-21(3)4)11(2)18-14(10)8-12-16(19-20-17(12)22)15-6-5-7-23-15/h5-8,18H,9H2,1-4H3,(H,20,22)/b12-8+. The van der Waals surface area contributed by atoms with E-state index in [1.54, 1.807) is 11.3 Å². The van der Waals surface area contributed by atoms with Crippen LogP contribution in [0.3, 0.4) is 0 Å². The van der Waals surface area contributed by atoms with Crippen molar-refractivity contribution in [3.05, 3.63) is 50.5 Å². The van der Waals surface area contributed by atoms with Crippen molar-refractivity contribution < 1.29 is 4.79 Å². The number of carbonyl (C=O) groups is 1. The first kappa shape index (κ1) is 15.7. The number of hydrazone groups is 1. The molecule has 1 aliphatic heterocycles. The first-order valence-corrected chi connectivity index (χ1v) is 8.32. The topological polar surface area (TPSA) is 60.5 Å². The summed E-state index contributed by atoms with van der Waals surface area (Å²) in [5.74, 6) is -0.158. The fraction of sp³-hybridized carbons (Fsp3) is 0.294. The van der Waals surface area contributed by atoms with Crippen LogP contribution in [0.4, 0.5) is 0 Å². The predicted molar refractivity (Wildman–Crippen MR) is 94.6 cm³/mol. The molecule has 120 valence electrons. The molecule has 2 N–H and O–H groups in total. The van der Waals surface area contributed by atoms with E-state index in [2.05, 4.69) is 48.4 Å². The molecule has 23 heavy (non-hydrogen) atoms. The molecule has 0 aliphatic carbocycles. The zero-order valence-electron chi connectivity index (χ0n) is 13.7. The number of carbonyl (C=O) groups excluding carboxylic acids is 1. The monoisotopic (exact) mass is 328 g/mol. The number of nitrogens with zero attached hydrogens (tertiary/aromatic N) is 2. The number of hydrogen-bond acceptors (Lipinski definition) is 4. The molecule has 2 aromatic heterocycles. The highest BCUT2D eigenvalue weighted by molar-refractivity contribution is 7.12. The lowest BCUT2D eigenvalue weighted by Crippen LogP contribution is -2.13. The second-order valence-electron chi connectivity index (χ2n) is 5.94. The molecule has 0 unspecified atom stereocenters. The van der Waals surface area contributed by atoms with Crippen molar-refractivity contribution >= 4 is 29.0 Å². The SMILES string of the molecule is Cc1[nH]c(/C=C2/C(=O)NN=C2c2cccs2)c(C)c1CN(C)C. The van der Waals surface area contributed by atoms with Crippen LogP contribution in [0.25, 0.3) is 6.08 Å². The maximum absolute atomic E-state index is 12.2. The van der Waals surface area contributed by atoms with Crippen molar-refractivity contribution in [2.45, 2.75) is 20.4 Å². The van der Waals surface area contributed by atoms with Gasteiger partial charge in [0.1, 0.15) is 5.71 Å². The number of thiophene rings is 1. The van der Waals surface area contributed by atoms with E-state index >= 15 is 0 Å². The highest BCUT2D eigenvalue weighted by atomic mass is 32.1. The smallest absolute Gasteiger partial charge is 0.273 e. The highest BCUT2D eigenvalue weighted by Gasteiger charge is 2.25. The summed E-state index contributed by atoms with van der Waals surface area (Å²) in [6, 6.07) is 3.93. The van der Waals surface area contributed by atoms with E-state index in [0.29, 0.717) is 11.3 Å². The Bertz CT molecular complexity index is 797. The number of aromatic amines is 1. The first-order chi connectivity index (χ1) is 11.0. The van der Waals surface area contributed by atoms with Gasteiger partial charge in [0, 0.05) is 17.9 Å². The van der Waals surface area contributed by atoms with Gasteiger partial charge in [-0.1, -0.05) is 6.07 Å². The average Bonchev–Trinajstić information content (AvgIpc) is 3.18. The Morgan fingerprint density at radius 3 is 2.78 bits per heavy atom. The summed E-state index contributed by atoms with van der Waals surface area (Å²) in [4.78, 5) is 18.7. The van der Waals surface area contributed by atoms with Crippen molar-refractivity contribution in [2.24, 2.45) is 5.10 Å². The van der Waals surface area contributed by atoms with Crippen molar-refractivity contribution in [1.82, 2.24) is 15.3 Å². The van der Waals surface area contributed by atoms with E-state index in [9.17, 15) is 4.79 Å². The lowest BCUT2D eigenvalue weighted by molar-refractivity contribution is -0.116. The van der Waals surface area contributed by atoms with Crippen molar-refractivity contribution in [2.75, 3.05) is 14.1 Å². The van der Waals surface area contributed by atoms with E-state index in [1.807, 2.05) is 23.6 Å².